The molecule has 0 aromatic carbocycles. The van der Waals surface area contributed by atoms with Gasteiger partial charge in [0.25, 0.3) is 0 Å². The number of nitrogens with zero attached hydrogens (tertiary/aromatic N) is 3. The molecule has 1 aromatic heterocycles. The first-order chi connectivity index (χ1) is 7.34. The summed E-state index contributed by atoms with van der Waals surface area (Å²) in [6, 6.07) is 0. The van der Waals surface area contributed by atoms with Gasteiger partial charge in [0, 0.05) is 45.1 Å². The fourth-order valence-corrected chi connectivity index (χ4v) is 1.89. The predicted molar refractivity (Wildman–Crippen MR) is 57.5 cm³/mol. The summed E-state index contributed by atoms with van der Waals surface area (Å²) in [7, 11) is 0. The van der Waals surface area contributed by atoms with Crippen molar-refractivity contribution in [2.24, 2.45) is 0 Å². The minimum absolute atomic E-state index is 0.308. The van der Waals surface area contributed by atoms with Crippen molar-refractivity contribution in [3.05, 3.63) is 18.7 Å². The first kappa shape index (κ1) is 10.6. The Morgan fingerprint density at radius 3 is 2.80 bits per heavy atom. The van der Waals surface area contributed by atoms with Gasteiger partial charge in [-0.1, -0.05) is 0 Å². The molecule has 1 aliphatic heterocycles. The molecule has 1 aliphatic rings. The highest BCUT2D eigenvalue weighted by Crippen LogP contribution is 1.98. The van der Waals surface area contributed by atoms with Crippen LogP contribution >= 0.6 is 0 Å². The summed E-state index contributed by atoms with van der Waals surface area (Å²) in [6.45, 7) is 5.49. The van der Waals surface area contributed by atoms with E-state index in [0.29, 0.717) is 6.54 Å². The van der Waals surface area contributed by atoms with Gasteiger partial charge in [0.05, 0.1) is 19.0 Å². The van der Waals surface area contributed by atoms with Crippen LogP contribution in [0.15, 0.2) is 18.7 Å². The molecule has 0 saturated carbocycles. The number of rotatable bonds is 4. The minimum atomic E-state index is -0.308. The van der Waals surface area contributed by atoms with E-state index in [4.69, 9.17) is 0 Å². The quantitative estimate of drug-likeness (QED) is 0.679. The lowest BCUT2D eigenvalue weighted by Crippen LogP contribution is -2.46. The molecule has 1 fully saturated rings. The molecule has 1 unspecified atom stereocenters. The van der Waals surface area contributed by atoms with Gasteiger partial charge in [-0.05, 0) is 0 Å². The van der Waals surface area contributed by atoms with Crippen LogP contribution in [0.1, 0.15) is 0 Å². The summed E-state index contributed by atoms with van der Waals surface area (Å²) < 4.78 is 1.91. The van der Waals surface area contributed by atoms with E-state index in [0.717, 1.165) is 32.7 Å². The van der Waals surface area contributed by atoms with Gasteiger partial charge in [0.1, 0.15) is 0 Å². The van der Waals surface area contributed by atoms with Crippen molar-refractivity contribution < 1.29 is 5.11 Å². The van der Waals surface area contributed by atoms with Gasteiger partial charge >= 0.3 is 0 Å². The van der Waals surface area contributed by atoms with Crippen LogP contribution in [0, 0.1) is 0 Å². The molecule has 0 spiro atoms. The van der Waals surface area contributed by atoms with Crippen molar-refractivity contribution >= 4 is 0 Å². The zero-order valence-electron chi connectivity index (χ0n) is 8.84. The molecule has 0 radical (unpaired) electrons. The van der Waals surface area contributed by atoms with Gasteiger partial charge in [-0.2, -0.15) is 0 Å². The lowest BCUT2D eigenvalue weighted by atomic mass is 10.3. The summed E-state index contributed by atoms with van der Waals surface area (Å²) >= 11 is 0. The van der Waals surface area contributed by atoms with Crippen LogP contribution in [0.4, 0.5) is 0 Å². The Hall–Kier alpha value is -0.910. The molecular weight excluding hydrogens is 192 g/mol. The van der Waals surface area contributed by atoms with Crippen LogP contribution in [0.5, 0.6) is 0 Å². The topological polar surface area (TPSA) is 53.3 Å². The van der Waals surface area contributed by atoms with Crippen LogP contribution in [-0.2, 0) is 6.54 Å². The zero-order valence-corrected chi connectivity index (χ0v) is 8.84. The second-order valence-electron chi connectivity index (χ2n) is 3.96. The van der Waals surface area contributed by atoms with Crippen LogP contribution < -0.4 is 5.32 Å². The molecule has 0 bridgehead atoms. The van der Waals surface area contributed by atoms with E-state index in [1.54, 1.807) is 12.5 Å². The fraction of sp³-hybridized carbons (Fsp3) is 0.700. The van der Waals surface area contributed by atoms with Crippen LogP contribution in [-0.4, -0.2) is 58.4 Å². The number of aromatic nitrogens is 2. The molecule has 0 aliphatic carbocycles. The number of imidazole rings is 1. The normalized spacial score (nSPS) is 20.3. The SMILES string of the molecule is OC(CN1CCNCC1)Cn1ccnc1. The van der Waals surface area contributed by atoms with Gasteiger partial charge in [-0.3, -0.25) is 4.90 Å². The molecule has 1 saturated heterocycles. The molecule has 5 nitrogen and oxygen atoms in total. The number of piperazine rings is 1. The molecule has 0 amide bonds. The monoisotopic (exact) mass is 210 g/mol. The average molecular weight is 210 g/mol. The first-order valence-electron chi connectivity index (χ1n) is 5.41. The highest BCUT2D eigenvalue weighted by atomic mass is 16.3. The van der Waals surface area contributed by atoms with Gasteiger partial charge in [0.15, 0.2) is 0 Å². The van der Waals surface area contributed by atoms with Crippen molar-refractivity contribution in [1.82, 2.24) is 19.8 Å². The highest BCUT2D eigenvalue weighted by molar-refractivity contribution is 4.77. The maximum Gasteiger partial charge on any atom is 0.0946 e. The van der Waals surface area contributed by atoms with E-state index in [1.165, 1.54) is 0 Å². The molecule has 2 rings (SSSR count). The maximum absolute atomic E-state index is 9.86. The summed E-state index contributed by atoms with van der Waals surface area (Å²) in [4.78, 5) is 6.24. The molecule has 1 aromatic rings. The molecule has 15 heavy (non-hydrogen) atoms. The third-order valence-electron chi connectivity index (χ3n) is 2.66. The predicted octanol–water partition coefficient (Wildman–Crippen LogP) is -0.851. The summed E-state index contributed by atoms with van der Waals surface area (Å²) in [5.74, 6) is 0. The number of hydrogen-bond acceptors (Lipinski definition) is 4. The summed E-state index contributed by atoms with van der Waals surface area (Å²) in [5, 5.41) is 13.2. The van der Waals surface area contributed by atoms with E-state index in [1.807, 2.05) is 10.8 Å². The third kappa shape index (κ3) is 3.30. The van der Waals surface area contributed by atoms with E-state index in [-0.39, 0.29) is 6.10 Å². The third-order valence-corrected chi connectivity index (χ3v) is 2.66. The molecule has 1 atom stereocenters. The lowest BCUT2D eigenvalue weighted by Gasteiger charge is -2.29. The molecule has 5 heteroatoms. The Balaban J connectivity index is 1.74. The standard InChI is InChI=1S/C10H18N4O/c15-10(8-14-6-3-12-9-14)7-13-4-1-11-2-5-13/h3,6,9-11,15H,1-2,4-5,7-8H2. The van der Waals surface area contributed by atoms with Gasteiger partial charge < -0.3 is 15.0 Å². The number of aliphatic hydroxyl groups is 1. The van der Waals surface area contributed by atoms with Crippen LogP contribution in [0.3, 0.4) is 0 Å². The van der Waals surface area contributed by atoms with Crippen LogP contribution in [0.2, 0.25) is 0 Å². The maximum atomic E-state index is 9.86. The zero-order chi connectivity index (χ0) is 10.5. The Bertz CT molecular complexity index is 269. The largest absolute Gasteiger partial charge is 0.390 e. The number of β-amino-alcohol motifs (C(OH)–C–C–N with tert-alkyl or cyclic N) is 1. The van der Waals surface area contributed by atoms with E-state index in [2.05, 4.69) is 15.2 Å². The Morgan fingerprint density at radius 2 is 2.13 bits per heavy atom. The second-order valence-corrected chi connectivity index (χ2v) is 3.96. The second kappa shape index (κ2) is 5.25. The van der Waals surface area contributed by atoms with Crippen molar-refractivity contribution in [3.63, 3.8) is 0 Å². The lowest BCUT2D eigenvalue weighted by molar-refractivity contribution is 0.0917. The number of aliphatic hydroxyl groups excluding tert-OH is 1. The van der Waals surface area contributed by atoms with Gasteiger partial charge in [-0.25, -0.2) is 4.98 Å². The Morgan fingerprint density at radius 1 is 1.33 bits per heavy atom. The molecule has 2 heterocycles. The van der Waals surface area contributed by atoms with Crippen LogP contribution in [0.25, 0.3) is 0 Å². The Kier molecular flexibility index (Phi) is 3.71. The van der Waals surface area contributed by atoms with Crippen molar-refractivity contribution in [2.45, 2.75) is 12.6 Å². The summed E-state index contributed by atoms with van der Waals surface area (Å²) in [6.07, 6.45) is 5.04. The van der Waals surface area contributed by atoms with Gasteiger partial charge in [-0.15, -0.1) is 0 Å². The van der Waals surface area contributed by atoms with Crippen molar-refractivity contribution in [3.8, 4) is 0 Å². The fourth-order valence-electron chi connectivity index (χ4n) is 1.89. The highest BCUT2D eigenvalue weighted by Gasteiger charge is 2.14. The van der Waals surface area contributed by atoms with Crippen molar-refractivity contribution in [2.75, 3.05) is 32.7 Å². The van der Waals surface area contributed by atoms with E-state index in [9.17, 15) is 5.11 Å². The number of hydrogen-bond donors (Lipinski definition) is 2. The molecular formula is C10H18N4O. The smallest absolute Gasteiger partial charge is 0.0946 e. The van der Waals surface area contributed by atoms with E-state index < -0.39 is 0 Å². The Labute approximate surface area is 89.7 Å². The molecule has 84 valence electrons. The average Bonchev–Trinajstić information content (AvgIpc) is 2.71. The first-order valence-corrected chi connectivity index (χ1v) is 5.41. The van der Waals surface area contributed by atoms with Gasteiger partial charge in [0.2, 0.25) is 0 Å². The minimum Gasteiger partial charge on any atom is -0.390 e. The van der Waals surface area contributed by atoms with E-state index >= 15 is 0 Å². The molecule has 2 N–H and O–H groups in total. The number of nitrogens with one attached hydrogen (secondary N) is 1. The summed E-state index contributed by atoms with van der Waals surface area (Å²) in [5.41, 5.74) is 0. The van der Waals surface area contributed by atoms with Crippen molar-refractivity contribution in [1.29, 1.82) is 0 Å².